The van der Waals surface area contributed by atoms with Crippen LogP contribution in [0.4, 0.5) is 0 Å². The van der Waals surface area contributed by atoms with Crippen molar-refractivity contribution in [2.24, 2.45) is 0 Å². The smallest absolute Gasteiger partial charge is 0.0953 e. The molecule has 0 spiro atoms. The molecule has 96 valence electrons. The third-order valence-electron chi connectivity index (χ3n) is 3.03. The Morgan fingerprint density at radius 2 is 1.83 bits per heavy atom. The number of hydrogen-bond acceptors (Lipinski definition) is 2. The van der Waals surface area contributed by atoms with E-state index in [0.29, 0.717) is 5.69 Å². The second-order valence-corrected chi connectivity index (χ2v) is 5.64. The molecule has 0 fully saturated rings. The third kappa shape index (κ3) is 2.99. The van der Waals surface area contributed by atoms with Gasteiger partial charge in [0.15, 0.2) is 0 Å². The van der Waals surface area contributed by atoms with Crippen LogP contribution in [0.3, 0.4) is 0 Å². The molecule has 0 bridgehead atoms. The first kappa shape index (κ1) is 12.8. The van der Waals surface area contributed by atoms with Crippen LogP contribution < -0.4 is 0 Å². The lowest BCUT2D eigenvalue weighted by atomic mass is 9.87. The summed E-state index contributed by atoms with van der Waals surface area (Å²) in [5.74, 6) is 0. The molecule has 3 nitrogen and oxygen atoms in total. The molecule has 0 amide bonds. The van der Waals surface area contributed by atoms with Gasteiger partial charge in [-0.2, -0.15) is 0 Å². The lowest BCUT2D eigenvalue weighted by Gasteiger charge is -2.19. The fourth-order valence-electron chi connectivity index (χ4n) is 1.90. The van der Waals surface area contributed by atoms with Crippen LogP contribution in [-0.2, 0) is 18.6 Å². The molecule has 0 saturated heterocycles. The molecule has 0 unspecified atom stereocenters. The Labute approximate surface area is 108 Å². The van der Waals surface area contributed by atoms with Gasteiger partial charge in [0, 0.05) is 12.7 Å². The predicted octanol–water partition coefficient (Wildman–Crippen LogP) is 2.72. The molecule has 0 radical (unpaired) electrons. The average molecular weight is 244 g/mol. The van der Waals surface area contributed by atoms with Crippen LogP contribution in [0.1, 0.15) is 37.6 Å². The summed E-state index contributed by atoms with van der Waals surface area (Å²) in [6.45, 7) is 7.43. The van der Waals surface area contributed by atoms with Crippen molar-refractivity contribution < 1.29 is 5.11 Å². The molecule has 1 N–H and O–H groups in total. The molecular weight excluding hydrogens is 224 g/mol. The van der Waals surface area contributed by atoms with Crippen LogP contribution in [0.15, 0.2) is 36.8 Å². The molecule has 0 aliphatic carbocycles. The molecular formula is C15H20N2O. The van der Waals surface area contributed by atoms with E-state index >= 15 is 0 Å². The van der Waals surface area contributed by atoms with E-state index in [9.17, 15) is 0 Å². The van der Waals surface area contributed by atoms with E-state index in [1.165, 1.54) is 11.1 Å². The minimum atomic E-state index is -0.00401. The summed E-state index contributed by atoms with van der Waals surface area (Å²) in [5, 5.41) is 8.97. The van der Waals surface area contributed by atoms with Gasteiger partial charge >= 0.3 is 0 Å². The van der Waals surface area contributed by atoms with E-state index in [2.05, 4.69) is 50.0 Å². The van der Waals surface area contributed by atoms with Crippen molar-refractivity contribution in [1.82, 2.24) is 9.55 Å². The highest BCUT2D eigenvalue weighted by molar-refractivity contribution is 5.27. The van der Waals surface area contributed by atoms with Crippen molar-refractivity contribution in [3.63, 3.8) is 0 Å². The maximum atomic E-state index is 8.97. The van der Waals surface area contributed by atoms with Gasteiger partial charge in [0.25, 0.3) is 0 Å². The fourth-order valence-corrected chi connectivity index (χ4v) is 1.90. The van der Waals surface area contributed by atoms with E-state index in [1.807, 2.05) is 10.8 Å². The highest BCUT2D eigenvalue weighted by Crippen LogP contribution is 2.22. The molecule has 2 aromatic rings. The van der Waals surface area contributed by atoms with Crippen molar-refractivity contribution in [2.45, 2.75) is 39.3 Å². The molecule has 3 heteroatoms. The van der Waals surface area contributed by atoms with Gasteiger partial charge in [-0.1, -0.05) is 45.0 Å². The van der Waals surface area contributed by atoms with Crippen LogP contribution in [0, 0.1) is 0 Å². The minimum Gasteiger partial charge on any atom is -0.390 e. The quantitative estimate of drug-likeness (QED) is 0.901. The fraction of sp³-hybridized carbons (Fsp3) is 0.400. The summed E-state index contributed by atoms with van der Waals surface area (Å²) in [4.78, 5) is 4.10. The van der Waals surface area contributed by atoms with Crippen molar-refractivity contribution >= 4 is 0 Å². The zero-order valence-electron chi connectivity index (χ0n) is 11.2. The van der Waals surface area contributed by atoms with E-state index in [-0.39, 0.29) is 12.0 Å². The average Bonchev–Trinajstić information content (AvgIpc) is 2.76. The maximum absolute atomic E-state index is 8.97. The molecule has 1 aromatic carbocycles. The van der Waals surface area contributed by atoms with Gasteiger partial charge in [0.1, 0.15) is 0 Å². The van der Waals surface area contributed by atoms with Gasteiger partial charge in [-0.05, 0) is 16.5 Å². The molecule has 0 saturated carbocycles. The standard InChI is InChI=1S/C15H20N2O/c1-15(2,3)13-6-4-12(5-7-13)8-17-9-14(10-18)16-11-17/h4-7,9,11,18H,8,10H2,1-3H3. The number of benzene rings is 1. The molecule has 1 heterocycles. The Morgan fingerprint density at radius 1 is 1.17 bits per heavy atom. The number of rotatable bonds is 3. The number of hydrogen-bond donors (Lipinski definition) is 1. The van der Waals surface area contributed by atoms with Crippen molar-refractivity contribution in [1.29, 1.82) is 0 Å². The maximum Gasteiger partial charge on any atom is 0.0953 e. The Balaban J connectivity index is 2.11. The number of aliphatic hydroxyl groups excluding tert-OH is 1. The second-order valence-electron chi connectivity index (χ2n) is 5.64. The van der Waals surface area contributed by atoms with Crippen LogP contribution in [0.5, 0.6) is 0 Å². The van der Waals surface area contributed by atoms with Gasteiger partial charge in [0.05, 0.1) is 18.6 Å². The second kappa shape index (κ2) is 4.94. The molecule has 0 atom stereocenters. The molecule has 0 aliphatic rings. The number of aromatic nitrogens is 2. The normalized spacial score (nSPS) is 11.8. The lowest BCUT2D eigenvalue weighted by Crippen LogP contribution is -2.10. The summed E-state index contributed by atoms with van der Waals surface area (Å²) in [7, 11) is 0. The van der Waals surface area contributed by atoms with Crippen LogP contribution in [0.2, 0.25) is 0 Å². The van der Waals surface area contributed by atoms with Gasteiger partial charge in [-0.25, -0.2) is 4.98 Å². The zero-order chi connectivity index (χ0) is 13.2. The highest BCUT2D eigenvalue weighted by atomic mass is 16.3. The summed E-state index contributed by atoms with van der Waals surface area (Å²) >= 11 is 0. The third-order valence-corrected chi connectivity index (χ3v) is 3.03. The summed E-state index contributed by atoms with van der Waals surface area (Å²) in [6.07, 6.45) is 3.63. The number of imidazole rings is 1. The SMILES string of the molecule is CC(C)(C)c1ccc(Cn2cnc(CO)c2)cc1. The Bertz CT molecular complexity index is 506. The first-order chi connectivity index (χ1) is 8.49. The van der Waals surface area contributed by atoms with Crippen LogP contribution >= 0.6 is 0 Å². The van der Waals surface area contributed by atoms with Gasteiger partial charge in [0.2, 0.25) is 0 Å². The molecule has 18 heavy (non-hydrogen) atoms. The van der Waals surface area contributed by atoms with E-state index in [0.717, 1.165) is 6.54 Å². The summed E-state index contributed by atoms with van der Waals surface area (Å²) in [5.41, 5.74) is 3.48. The topological polar surface area (TPSA) is 38.0 Å². The molecule has 1 aromatic heterocycles. The Hall–Kier alpha value is -1.61. The monoisotopic (exact) mass is 244 g/mol. The van der Waals surface area contributed by atoms with Crippen molar-refractivity contribution in [2.75, 3.05) is 0 Å². The van der Waals surface area contributed by atoms with Gasteiger partial charge < -0.3 is 9.67 Å². The largest absolute Gasteiger partial charge is 0.390 e. The van der Waals surface area contributed by atoms with E-state index in [1.54, 1.807) is 6.33 Å². The van der Waals surface area contributed by atoms with E-state index < -0.39 is 0 Å². The Kier molecular flexibility index (Phi) is 3.53. The summed E-state index contributed by atoms with van der Waals surface area (Å²) < 4.78 is 1.98. The lowest BCUT2D eigenvalue weighted by molar-refractivity contribution is 0.277. The van der Waals surface area contributed by atoms with Crippen molar-refractivity contribution in [3.8, 4) is 0 Å². The highest BCUT2D eigenvalue weighted by Gasteiger charge is 2.12. The van der Waals surface area contributed by atoms with Crippen LogP contribution in [0.25, 0.3) is 0 Å². The Morgan fingerprint density at radius 3 is 2.33 bits per heavy atom. The minimum absolute atomic E-state index is 0.00401. The number of aliphatic hydroxyl groups is 1. The summed E-state index contributed by atoms with van der Waals surface area (Å²) in [6, 6.07) is 8.66. The van der Waals surface area contributed by atoms with Crippen molar-refractivity contribution in [3.05, 3.63) is 53.6 Å². The van der Waals surface area contributed by atoms with Crippen LogP contribution in [-0.4, -0.2) is 14.7 Å². The zero-order valence-corrected chi connectivity index (χ0v) is 11.2. The van der Waals surface area contributed by atoms with E-state index in [4.69, 9.17) is 5.11 Å². The van der Waals surface area contributed by atoms with Gasteiger partial charge in [-0.3, -0.25) is 0 Å². The molecule has 0 aliphatic heterocycles. The van der Waals surface area contributed by atoms with Gasteiger partial charge in [-0.15, -0.1) is 0 Å². The first-order valence-electron chi connectivity index (χ1n) is 6.20. The molecule has 2 rings (SSSR count). The predicted molar refractivity (Wildman–Crippen MR) is 72.4 cm³/mol. The number of nitrogens with zero attached hydrogens (tertiary/aromatic N) is 2. The first-order valence-corrected chi connectivity index (χ1v) is 6.20.